The van der Waals surface area contributed by atoms with E-state index >= 15 is 0 Å². The van der Waals surface area contributed by atoms with Crippen LogP contribution in [0.5, 0.6) is 0 Å². The van der Waals surface area contributed by atoms with E-state index in [1.165, 1.54) is 0 Å². The molecule has 9 heteroatoms. The molecule has 4 rings (SSSR count). The molecule has 0 amide bonds. The number of ether oxygens (including phenoxy) is 1. The monoisotopic (exact) mass is 370 g/mol. The smallest absolute Gasteiger partial charge is 0.151 e. The highest BCUT2D eigenvalue weighted by Crippen LogP contribution is 2.21. The number of rotatable bonds is 4. The topological polar surface area (TPSA) is 73.8 Å². The summed E-state index contributed by atoms with van der Waals surface area (Å²) >= 11 is 0. The van der Waals surface area contributed by atoms with Gasteiger partial charge in [-0.3, -0.25) is 0 Å². The molecule has 2 aromatic rings. The maximum Gasteiger partial charge on any atom is 0.151 e. The normalized spacial score (nSPS) is 17.9. The van der Waals surface area contributed by atoms with Gasteiger partial charge >= 0.3 is 0 Å². The molecule has 0 bridgehead atoms. The first-order chi connectivity index (χ1) is 13.2. The summed E-state index contributed by atoms with van der Waals surface area (Å²) in [5.41, 5.74) is 0. The van der Waals surface area contributed by atoms with Gasteiger partial charge < -0.3 is 24.3 Å². The number of anilines is 4. The van der Waals surface area contributed by atoms with Crippen LogP contribution >= 0.6 is 0 Å². The van der Waals surface area contributed by atoms with Crippen LogP contribution in [0, 0.1) is 0 Å². The van der Waals surface area contributed by atoms with Gasteiger partial charge in [-0.1, -0.05) is 0 Å². The molecule has 2 fully saturated rings. The van der Waals surface area contributed by atoms with E-state index in [0.717, 1.165) is 75.8 Å². The van der Waals surface area contributed by atoms with Crippen LogP contribution in [-0.2, 0) is 4.74 Å². The highest BCUT2D eigenvalue weighted by molar-refractivity contribution is 5.51. The van der Waals surface area contributed by atoms with E-state index in [9.17, 15) is 0 Å². The lowest BCUT2D eigenvalue weighted by Crippen LogP contribution is -2.47. The van der Waals surface area contributed by atoms with E-state index in [1.54, 1.807) is 6.33 Å². The van der Waals surface area contributed by atoms with Gasteiger partial charge in [0, 0.05) is 59.4 Å². The fraction of sp³-hybridized carbons (Fsp3) is 0.556. The predicted molar refractivity (Wildman–Crippen MR) is 106 cm³/mol. The van der Waals surface area contributed by atoms with Crippen LogP contribution in [0.25, 0.3) is 0 Å². The minimum absolute atomic E-state index is 0.754. The minimum atomic E-state index is 0.754. The van der Waals surface area contributed by atoms with Gasteiger partial charge in [0.2, 0.25) is 0 Å². The molecule has 2 aliphatic rings. The van der Waals surface area contributed by atoms with Crippen molar-refractivity contribution in [2.75, 3.05) is 86.2 Å². The SMILES string of the molecule is CN(C)c1cc(N2CCN(c3ccc(N4CCOCC4)nn3)CC2)ncn1. The summed E-state index contributed by atoms with van der Waals surface area (Å²) in [5.74, 6) is 3.76. The molecular formula is C18H26N8O. The molecule has 0 atom stereocenters. The van der Waals surface area contributed by atoms with Crippen molar-refractivity contribution in [1.82, 2.24) is 20.2 Å². The summed E-state index contributed by atoms with van der Waals surface area (Å²) in [5, 5.41) is 8.88. The van der Waals surface area contributed by atoms with Crippen molar-refractivity contribution in [1.29, 1.82) is 0 Å². The molecule has 0 aliphatic carbocycles. The van der Waals surface area contributed by atoms with Gasteiger partial charge in [0.05, 0.1) is 13.2 Å². The lowest BCUT2D eigenvalue weighted by Gasteiger charge is -2.36. The number of nitrogens with zero attached hydrogens (tertiary/aromatic N) is 8. The maximum absolute atomic E-state index is 5.39. The van der Waals surface area contributed by atoms with Crippen molar-refractivity contribution in [2.45, 2.75) is 0 Å². The number of aromatic nitrogens is 4. The molecule has 0 unspecified atom stereocenters. The number of hydrogen-bond acceptors (Lipinski definition) is 9. The zero-order chi connectivity index (χ0) is 18.6. The van der Waals surface area contributed by atoms with Gasteiger partial charge in [0.1, 0.15) is 18.0 Å². The molecule has 27 heavy (non-hydrogen) atoms. The van der Waals surface area contributed by atoms with Crippen molar-refractivity contribution in [3.8, 4) is 0 Å². The van der Waals surface area contributed by atoms with Crippen molar-refractivity contribution in [3.05, 3.63) is 24.5 Å². The van der Waals surface area contributed by atoms with E-state index in [4.69, 9.17) is 4.74 Å². The van der Waals surface area contributed by atoms with Crippen LogP contribution in [-0.4, -0.2) is 86.7 Å². The Labute approximate surface area is 159 Å². The van der Waals surface area contributed by atoms with Crippen molar-refractivity contribution in [3.63, 3.8) is 0 Å². The van der Waals surface area contributed by atoms with Crippen LogP contribution in [0.4, 0.5) is 23.3 Å². The highest BCUT2D eigenvalue weighted by atomic mass is 16.5. The van der Waals surface area contributed by atoms with E-state index in [2.05, 4.69) is 47.0 Å². The van der Waals surface area contributed by atoms with Crippen molar-refractivity contribution >= 4 is 23.3 Å². The summed E-state index contributed by atoms with van der Waals surface area (Å²) in [4.78, 5) is 17.5. The number of hydrogen-bond donors (Lipinski definition) is 0. The Morgan fingerprint density at radius 1 is 0.778 bits per heavy atom. The third-order valence-corrected chi connectivity index (χ3v) is 5.00. The third kappa shape index (κ3) is 4.02. The van der Waals surface area contributed by atoms with Gasteiger partial charge in [-0.05, 0) is 12.1 Å². The Balaban J connectivity index is 1.37. The zero-order valence-corrected chi connectivity index (χ0v) is 16.0. The van der Waals surface area contributed by atoms with E-state index in [1.807, 2.05) is 25.1 Å². The molecule has 0 N–H and O–H groups in total. The Bertz CT molecular complexity index is 739. The van der Waals surface area contributed by atoms with E-state index in [0.29, 0.717) is 0 Å². The Hall–Kier alpha value is -2.68. The Morgan fingerprint density at radius 2 is 1.33 bits per heavy atom. The van der Waals surface area contributed by atoms with Crippen molar-refractivity contribution < 1.29 is 4.74 Å². The average molecular weight is 370 g/mol. The second-order valence-corrected chi connectivity index (χ2v) is 6.95. The molecule has 144 valence electrons. The number of morpholine rings is 1. The largest absolute Gasteiger partial charge is 0.378 e. The molecular weight excluding hydrogens is 344 g/mol. The molecule has 0 radical (unpaired) electrons. The van der Waals surface area contributed by atoms with E-state index < -0.39 is 0 Å². The molecule has 4 heterocycles. The van der Waals surface area contributed by atoms with Crippen LogP contribution in [0.15, 0.2) is 24.5 Å². The summed E-state index contributed by atoms with van der Waals surface area (Å²) in [7, 11) is 3.98. The average Bonchev–Trinajstić information content (AvgIpc) is 2.75. The molecule has 0 aromatic carbocycles. The fourth-order valence-corrected chi connectivity index (χ4v) is 3.37. The fourth-order valence-electron chi connectivity index (χ4n) is 3.37. The van der Waals surface area contributed by atoms with Crippen LogP contribution < -0.4 is 19.6 Å². The predicted octanol–water partition coefficient (Wildman–Crippen LogP) is 0.496. The molecule has 0 saturated carbocycles. The van der Waals surface area contributed by atoms with E-state index in [-0.39, 0.29) is 0 Å². The van der Waals surface area contributed by atoms with Gasteiger partial charge in [0.25, 0.3) is 0 Å². The maximum atomic E-state index is 5.39. The molecule has 2 aromatic heterocycles. The second-order valence-electron chi connectivity index (χ2n) is 6.95. The van der Waals surface area contributed by atoms with Crippen LogP contribution in [0.2, 0.25) is 0 Å². The molecule has 2 saturated heterocycles. The minimum Gasteiger partial charge on any atom is -0.378 e. The molecule has 0 spiro atoms. The number of piperazine rings is 1. The highest BCUT2D eigenvalue weighted by Gasteiger charge is 2.21. The summed E-state index contributed by atoms with van der Waals surface area (Å²) < 4.78 is 5.39. The Kier molecular flexibility index (Phi) is 5.19. The zero-order valence-electron chi connectivity index (χ0n) is 16.0. The van der Waals surface area contributed by atoms with Gasteiger partial charge in [0.15, 0.2) is 11.6 Å². The molecule has 2 aliphatic heterocycles. The quantitative estimate of drug-likeness (QED) is 0.765. The standard InChI is InChI=1S/C18H26N8O/c1-23(2)17-13-18(20-14-19-17)25-7-5-24(6-8-25)15-3-4-16(22-21-15)26-9-11-27-12-10-26/h3-4,13-14H,5-12H2,1-2H3. The third-order valence-electron chi connectivity index (χ3n) is 5.00. The lowest BCUT2D eigenvalue weighted by molar-refractivity contribution is 0.122. The van der Waals surface area contributed by atoms with Gasteiger partial charge in [-0.15, -0.1) is 10.2 Å². The first kappa shape index (κ1) is 17.7. The Morgan fingerprint density at radius 3 is 1.89 bits per heavy atom. The van der Waals surface area contributed by atoms with Crippen LogP contribution in [0.1, 0.15) is 0 Å². The summed E-state index contributed by atoms with van der Waals surface area (Å²) in [6.45, 7) is 6.85. The summed E-state index contributed by atoms with van der Waals surface area (Å²) in [6, 6.07) is 6.17. The lowest BCUT2D eigenvalue weighted by atomic mass is 10.3. The summed E-state index contributed by atoms with van der Waals surface area (Å²) in [6.07, 6.45) is 1.63. The van der Waals surface area contributed by atoms with Gasteiger partial charge in [-0.25, -0.2) is 9.97 Å². The second kappa shape index (κ2) is 7.91. The first-order valence-corrected chi connectivity index (χ1v) is 9.36. The first-order valence-electron chi connectivity index (χ1n) is 9.36. The van der Waals surface area contributed by atoms with Crippen LogP contribution in [0.3, 0.4) is 0 Å². The molecule has 9 nitrogen and oxygen atoms in total. The van der Waals surface area contributed by atoms with Gasteiger partial charge in [-0.2, -0.15) is 0 Å². The van der Waals surface area contributed by atoms with Crippen molar-refractivity contribution in [2.24, 2.45) is 0 Å².